The van der Waals surface area contributed by atoms with Gasteiger partial charge in [-0.1, -0.05) is 38.5 Å². The number of nitrogens with one attached hydrogen (secondary N) is 1. The lowest BCUT2D eigenvalue weighted by molar-refractivity contribution is 0.299. The van der Waals surface area contributed by atoms with E-state index in [-0.39, 0.29) is 5.41 Å². The van der Waals surface area contributed by atoms with Crippen molar-refractivity contribution in [3.8, 4) is 5.75 Å². The van der Waals surface area contributed by atoms with Crippen LogP contribution in [0, 0.1) is 20.8 Å². The first-order valence-electron chi connectivity index (χ1n) is 8.53. The SMILES string of the molecule is Cc1ccc(OCCCCc2c(C)n[nH]c2C)c(C(C)(C)C)c1. The summed E-state index contributed by atoms with van der Waals surface area (Å²) < 4.78 is 6.08. The number of benzene rings is 1. The quantitative estimate of drug-likeness (QED) is 0.759. The van der Waals surface area contributed by atoms with Gasteiger partial charge in [0.25, 0.3) is 0 Å². The van der Waals surface area contributed by atoms with E-state index in [1.54, 1.807) is 0 Å². The van der Waals surface area contributed by atoms with E-state index in [4.69, 9.17) is 4.74 Å². The summed E-state index contributed by atoms with van der Waals surface area (Å²) in [7, 11) is 0. The topological polar surface area (TPSA) is 37.9 Å². The summed E-state index contributed by atoms with van der Waals surface area (Å²) in [5.74, 6) is 1.03. The van der Waals surface area contributed by atoms with Crippen LogP contribution in [0.2, 0.25) is 0 Å². The summed E-state index contributed by atoms with van der Waals surface area (Å²) >= 11 is 0. The molecule has 2 aromatic rings. The molecule has 0 bridgehead atoms. The molecule has 0 atom stereocenters. The summed E-state index contributed by atoms with van der Waals surface area (Å²) in [6.07, 6.45) is 3.25. The van der Waals surface area contributed by atoms with Gasteiger partial charge in [-0.05, 0) is 62.6 Å². The van der Waals surface area contributed by atoms with Crippen LogP contribution in [0.25, 0.3) is 0 Å². The molecule has 0 radical (unpaired) electrons. The third kappa shape index (κ3) is 4.60. The van der Waals surface area contributed by atoms with Gasteiger partial charge >= 0.3 is 0 Å². The van der Waals surface area contributed by atoms with E-state index >= 15 is 0 Å². The molecule has 0 aliphatic heterocycles. The van der Waals surface area contributed by atoms with E-state index < -0.39 is 0 Å². The molecule has 0 saturated carbocycles. The molecule has 126 valence electrons. The average Bonchev–Trinajstić information content (AvgIpc) is 2.78. The average molecular weight is 314 g/mol. The fourth-order valence-electron chi connectivity index (χ4n) is 2.88. The van der Waals surface area contributed by atoms with Crippen molar-refractivity contribution in [3.63, 3.8) is 0 Å². The molecule has 23 heavy (non-hydrogen) atoms. The highest BCUT2D eigenvalue weighted by Crippen LogP contribution is 2.32. The molecule has 0 aliphatic rings. The van der Waals surface area contributed by atoms with Gasteiger partial charge < -0.3 is 4.74 Å². The number of unbranched alkanes of at least 4 members (excludes halogenated alkanes) is 1. The Morgan fingerprint density at radius 3 is 2.43 bits per heavy atom. The second-order valence-corrected chi connectivity index (χ2v) is 7.47. The van der Waals surface area contributed by atoms with Gasteiger partial charge in [0.05, 0.1) is 12.3 Å². The predicted molar refractivity (Wildman–Crippen MR) is 96.4 cm³/mol. The summed E-state index contributed by atoms with van der Waals surface area (Å²) in [6.45, 7) is 13.8. The predicted octanol–water partition coefficient (Wildman–Crippen LogP) is 5.03. The fourth-order valence-corrected chi connectivity index (χ4v) is 2.88. The molecule has 2 rings (SSSR count). The number of aryl methyl sites for hydroxylation is 3. The van der Waals surface area contributed by atoms with Gasteiger partial charge in [0.2, 0.25) is 0 Å². The molecule has 3 heteroatoms. The van der Waals surface area contributed by atoms with Crippen molar-refractivity contribution in [3.05, 3.63) is 46.3 Å². The number of aromatic nitrogens is 2. The first-order valence-corrected chi connectivity index (χ1v) is 8.53. The van der Waals surface area contributed by atoms with E-state index in [1.807, 2.05) is 0 Å². The second kappa shape index (κ2) is 7.20. The zero-order valence-electron chi connectivity index (χ0n) is 15.4. The summed E-state index contributed by atoms with van der Waals surface area (Å²) in [5, 5.41) is 7.31. The number of hydrogen-bond donors (Lipinski definition) is 1. The van der Waals surface area contributed by atoms with Crippen LogP contribution in [-0.4, -0.2) is 16.8 Å². The number of H-pyrrole nitrogens is 1. The fraction of sp³-hybridized carbons (Fsp3) is 0.550. The van der Waals surface area contributed by atoms with Crippen molar-refractivity contribution in [2.45, 2.75) is 66.2 Å². The zero-order valence-corrected chi connectivity index (χ0v) is 15.4. The Kier molecular flexibility index (Phi) is 5.51. The minimum atomic E-state index is 0.104. The second-order valence-electron chi connectivity index (χ2n) is 7.47. The molecule has 0 aliphatic carbocycles. The molecule has 1 aromatic carbocycles. The van der Waals surface area contributed by atoms with Gasteiger partial charge in [-0.25, -0.2) is 0 Å². The van der Waals surface area contributed by atoms with Crippen molar-refractivity contribution in [2.75, 3.05) is 6.61 Å². The van der Waals surface area contributed by atoms with Crippen molar-refractivity contribution >= 4 is 0 Å². The lowest BCUT2D eigenvalue weighted by Gasteiger charge is -2.23. The van der Waals surface area contributed by atoms with Gasteiger partial charge in [-0.3, -0.25) is 5.10 Å². The molecule has 1 heterocycles. The van der Waals surface area contributed by atoms with Crippen LogP contribution in [0.3, 0.4) is 0 Å². The number of aromatic amines is 1. The van der Waals surface area contributed by atoms with Gasteiger partial charge in [0, 0.05) is 5.69 Å². The Morgan fingerprint density at radius 2 is 1.83 bits per heavy atom. The Morgan fingerprint density at radius 1 is 1.09 bits per heavy atom. The van der Waals surface area contributed by atoms with Crippen molar-refractivity contribution in [1.29, 1.82) is 0 Å². The molecule has 1 N–H and O–H groups in total. The molecule has 3 nitrogen and oxygen atoms in total. The van der Waals surface area contributed by atoms with E-state index in [9.17, 15) is 0 Å². The van der Waals surface area contributed by atoms with Gasteiger partial charge in [-0.2, -0.15) is 5.10 Å². The molecule has 0 unspecified atom stereocenters. The zero-order chi connectivity index (χ0) is 17.0. The monoisotopic (exact) mass is 314 g/mol. The first kappa shape index (κ1) is 17.6. The summed E-state index contributed by atoms with van der Waals surface area (Å²) in [6, 6.07) is 6.48. The van der Waals surface area contributed by atoms with E-state index in [2.05, 4.69) is 69.9 Å². The lowest BCUT2D eigenvalue weighted by atomic mass is 9.85. The van der Waals surface area contributed by atoms with Crippen LogP contribution >= 0.6 is 0 Å². The highest BCUT2D eigenvalue weighted by Gasteiger charge is 2.19. The minimum Gasteiger partial charge on any atom is -0.493 e. The van der Waals surface area contributed by atoms with Crippen LogP contribution in [0.1, 0.15) is 61.7 Å². The standard InChI is InChI=1S/C20H30N2O/c1-14-10-11-19(18(13-14)20(4,5)6)23-12-8-7-9-17-15(2)21-22-16(17)3/h10-11,13H,7-9,12H2,1-6H3,(H,21,22). The molecule has 0 saturated heterocycles. The van der Waals surface area contributed by atoms with Crippen LogP contribution in [0.5, 0.6) is 5.75 Å². The first-order chi connectivity index (χ1) is 10.8. The Labute approximate surface area is 140 Å². The smallest absolute Gasteiger partial charge is 0.123 e. The Balaban J connectivity index is 1.87. The molecule has 1 aromatic heterocycles. The van der Waals surface area contributed by atoms with Crippen molar-refractivity contribution in [1.82, 2.24) is 10.2 Å². The summed E-state index contributed by atoms with van der Waals surface area (Å²) in [4.78, 5) is 0. The highest BCUT2D eigenvalue weighted by molar-refractivity contribution is 5.41. The molecule has 0 spiro atoms. The number of rotatable bonds is 6. The normalized spacial score (nSPS) is 11.7. The van der Waals surface area contributed by atoms with Gasteiger partial charge in [0.1, 0.15) is 5.75 Å². The molecule has 0 amide bonds. The van der Waals surface area contributed by atoms with Crippen LogP contribution in [0.15, 0.2) is 18.2 Å². The minimum absolute atomic E-state index is 0.104. The largest absolute Gasteiger partial charge is 0.493 e. The molecular formula is C20H30N2O. The van der Waals surface area contributed by atoms with Crippen LogP contribution in [0.4, 0.5) is 0 Å². The number of hydrogen-bond acceptors (Lipinski definition) is 2. The van der Waals surface area contributed by atoms with Gasteiger partial charge in [-0.15, -0.1) is 0 Å². The number of nitrogens with zero attached hydrogens (tertiary/aromatic N) is 1. The van der Waals surface area contributed by atoms with E-state index in [0.717, 1.165) is 37.3 Å². The summed E-state index contributed by atoms with van der Waals surface area (Å²) in [5.41, 5.74) is 6.35. The Hall–Kier alpha value is -1.77. The van der Waals surface area contributed by atoms with E-state index in [0.29, 0.717) is 0 Å². The van der Waals surface area contributed by atoms with E-state index in [1.165, 1.54) is 22.4 Å². The highest BCUT2D eigenvalue weighted by atomic mass is 16.5. The van der Waals surface area contributed by atoms with Crippen molar-refractivity contribution < 1.29 is 4.74 Å². The van der Waals surface area contributed by atoms with Crippen LogP contribution < -0.4 is 4.74 Å². The maximum Gasteiger partial charge on any atom is 0.123 e. The maximum atomic E-state index is 6.08. The Bertz CT molecular complexity index is 631. The molecular weight excluding hydrogens is 284 g/mol. The third-order valence-corrected chi connectivity index (χ3v) is 4.30. The van der Waals surface area contributed by atoms with Crippen molar-refractivity contribution in [2.24, 2.45) is 0 Å². The lowest BCUT2D eigenvalue weighted by Crippen LogP contribution is -2.14. The van der Waals surface area contributed by atoms with Crippen LogP contribution in [-0.2, 0) is 11.8 Å². The third-order valence-electron chi connectivity index (χ3n) is 4.30. The number of ether oxygens (including phenoxy) is 1. The van der Waals surface area contributed by atoms with Gasteiger partial charge in [0.15, 0.2) is 0 Å². The maximum absolute atomic E-state index is 6.08. The molecule has 0 fully saturated rings.